The number of nitrogens with zero attached hydrogens (tertiary/aromatic N) is 2. The smallest absolute Gasteiger partial charge is 0.328 e. The zero-order valence-corrected chi connectivity index (χ0v) is 16.6. The van der Waals surface area contributed by atoms with Gasteiger partial charge in [0, 0.05) is 6.08 Å². The third-order valence-electron chi connectivity index (χ3n) is 5.32. The van der Waals surface area contributed by atoms with Crippen molar-refractivity contribution >= 4 is 12.0 Å². The molecule has 0 radical (unpaired) electrons. The maximum atomic E-state index is 11.3. The van der Waals surface area contributed by atoms with Crippen LogP contribution in [0.5, 0.6) is 0 Å². The Balaban J connectivity index is 2.14. The number of carboxylic acid groups (broad SMARTS) is 1. The van der Waals surface area contributed by atoms with E-state index in [0.717, 1.165) is 34.2 Å². The van der Waals surface area contributed by atoms with E-state index in [4.69, 9.17) is 0 Å². The predicted octanol–water partition coefficient (Wildman–Crippen LogP) is 5.13. The second-order valence-corrected chi connectivity index (χ2v) is 7.07. The van der Waals surface area contributed by atoms with Crippen molar-refractivity contribution < 1.29 is 9.90 Å². The number of aliphatic carboxylic acids is 1. The summed E-state index contributed by atoms with van der Waals surface area (Å²) in [5.74, 6) is -0.994. The Labute approximate surface area is 175 Å². The lowest BCUT2D eigenvalue weighted by molar-refractivity contribution is -0.131. The molecule has 4 rings (SSSR count). The highest BCUT2D eigenvalue weighted by Crippen LogP contribution is 2.42. The topological polar surface area (TPSA) is 55.1 Å². The van der Waals surface area contributed by atoms with E-state index in [1.54, 1.807) is 12.4 Å². The van der Waals surface area contributed by atoms with Crippen LogP contribution in [0.4, 0.5) is 0 Å². The van der Waals surface area contributed by atoms with E-state index in [2.05, 4.69) is 45.9 Å². The molecule has 4 aromatic rings. The van der Waals surface area contributed by atoms with E-state index in [9.17, 15) is 9.90 Å². The minimum atomic E-state index is -0.994. The van der Waals surface area contributed by atoms with Crippen molar-refractivity contribution in [2.45, 2.75) is 12.5 Å². The highest BCUT2D eigenvalue weighted by atomic mass is 16.4. The normalized spacial score (nSPS) is 11.6. The van der Waals surface area contributed by atoms with Gasteiger partial charge in [0.25, 0.3) is 0 Å². The molecule has 0 bridgehead atoms. The average Bonchev–Trinajstić information content (AvgIpc) is 3.16. The van der Waals surface area contributed by atoms with Crippen LogP contribution in [-0.2, 0) is 10.3 Å². The molecule has 0 unspecified atom stereocenters. The van der Waals surface area contributed by atoms with E-state index >= 15 is 0 Å². The lowest BCUT2D eigenvalue weighted by Crippen LogP contribution is -2.38. The quantitative estimate of drug-likeness (QED) is 0.364. The maximum absolute atomic E-state index is 11.3. The first-order valence-electron chi connectivity index (χ1n) is 9.76. The minimum Gasteiger partial charge on any atom is -0.478 e. The van der Waals surface area contributed by atoms with Crippen LogP contribution in [0.2, 0.25) is 0 Å². The van der Waals surface area contributed by atoms with Crippen LogP contribution < -0.4 is 0 Å². The summed E-state index contributed by atoms with van der Waals surface area (Å²) < 4.78 is 2.07. The molecule has 30 heavy (non-hydrogen) atoms. The first-order valence-corrected chi connectivity index (χ1v) is 9.76. The molecule has 0 atom stereocenters. The molecule has 0 amide bonds. The fraction of sp³-hybridized carbons (Fsp3) is 0.0769. The second-order valence-electron chi connectivity index (χ2n) is 7.07. The molecule has 0 aliphatic heterocycles. The van der Waals surface area contributed by atoms with Crippen LogP contribution in [0, 0.1) is 6.92 Å². The van der Waals surface area contributed by atoms with Gasteiger partial charge in [0.05, 0.1) is 17.7 Å². The molecule has 3 aromatic carbocycles. The Morgan fingerprint density at radius 3 is 1.67 bits per heavy atom. The van der Waals surface area contributed by atoms with Crippen molar-refractivity contribution in [1.82, 2.24) is 9.55 Å². The SMILES string of the molecule is Cc1ncn(C(c2ccccc2)(c2ccccc2)c2ccccc2)c1/C=C/C(=O)O. The fourth-order valence-corrected chi connectivity index (χ4v) is 4.02. The van der Waals surface area contributed by atoms with Gasteiger partial charge in [0.1, 0.15) is 5.54 Å². The Kier molecular flexibility index (Phi) is 5.31. The number of carbonyl (C=O) groups is 1. The molecule has 4 nitrogen and oxygen atoms in total. The summed E-state index contributed by atoms with van der Waals surface area (Å²) in [6.07, 6.45) is 4.57. The predicted molar refractivity (Wildman–Crippen MR) is 118 cm³/mol. The lowest BCUT2D eigenvalue weighted by atomic mass is 9.76. The molecule has 0 saturated heterocycles. The molecule has 1 aromatic heterocycles. The monoisotopic (exact) mass is 394 g/mol. The number of aryl methyl sites for hydroxylation is 1. The van der Waals surface area contributed by atoms with Gasteiger partial charge in [0.15, 0.2) is 0 Å². The largest absolute Gasteiger partial charge is 0.478 e. The molecule has 0 aliphatic rings. The number of aromatic nitrogens is 2. The van der Waals surface area contributed by atoms with Gasteiger partial charge in [-0.1, -0.05) is 91.0 Å². The third kappa shape index (κ3) is 3.33. The van der Waals surface area contributed by atoms with Crippen molar-refractivity contribution in [3.63, 3.8) is 0 Å². The summed E-state index contributed by atoms with van der Waals surface area (Å²) in [6, 6.07) is 30.7. The highest BCUT2D eigenvalue weighted by molar-refractivity contribution is 5.85. The van der Waals surface area contributed by atoms with E-state index in [1.807, 2.05) is 61.5 Å². The van der Waals surface area contributed by atoms with Crippen LogP contribution >= 0.6 is 0 Å². The van der Waals surface area contributed by atoms with E-state index < -0.39 is 11.5 Å². The molecule has 0 spiro atoms. The number of benzene rings is 3. The number of hydrogen-bond donors (Lipinski definition) is 1. The van der Waals surface area contributed by atoms with Gasteiger partial charge < -0.3 is 9.67 Å². The molecular weight excluding hydrogens is 372 g/mol. The molecule has 4 heteroatoms. The molecule has 148 valence electrons. The number of imidazole rings is 1. The van der Waals surface area contributed by atoms with Gasteiger partial charge in [-0.3, -0.25) is 0 Å². The van der Waals surface area contributed by atoms with Crippen LogP contribution in [0.1, 0.15) is 28.1 Å². The van der Waals surface area contributed by atoms with Crippen LogP contribution in [-0.4, -0.2) is 20.6 Å². The van der Waals surface area contributed by atoms with Gasteiger partial charge in [-0.25, -0.2) is 9.78 Å². The van der Waals surface area contributed by atoms with E-state index in [1.165, 1.54) is 0 Å². The van der Waals surface area contributed by atoms with Crippen molar-refractivity contribution in [2.24, 2.45) is 0 Å². The number of rotatable bonds is 6. The third-order valence-corrected chi connectivity index (χ3v) is 5.32. The van der Waals surface area contributed by atoms with Gasteiger partial charge >= 0.3 is 5.97 Å². The fourth-order valence-electron chi connectivity index (χ4n) is 4.02. The first-order chi connectivity index (χ1) is 14.6. The lowest BCUT2D eigenvalue weighted by Gasteiger charge is -2.38. The van der Waals surface area contributed by atoms with Crippen molar-refractivity contribution in [3.8, 4) is 0 Å². The molecule has 1 N–H and O–H groups in total. The molecular formula is C26H22N2O2. The van der Waals surface area contributed by atoms with Crippen LogP contribution in [0.15, 0.2) is 103 Å². The summed E-state index contributed by atoms with van der Waals surface area (Å²) >= 11 is 0. The van der Waals surface area contributed by atoms with E-state index in [-0.39, 0.29) is 0 Å². The van der Waals surface area contributed by atoms with Crippen LogP contribution in [0.25, 0.3) is 6.08 Å². The van der Waals surface area contributed by atoms with Crippen molar-refractivity contribution in [3.05, 3.63) is 131 Å². The standard InChI is InChI=1S/C26H22N2O2/c1-20-24(17-18-25(29)30)28(19-27-20)26(21-11-5-2-6-12-21,22-13-7-3-8-14-22)23-15-9-4-10-16-23/h2-19H,1H3,(H,29,30)/b18-17+. The maximum Gasteiger partial charge on any atom is 0.328 e. The van der Waals surface area contributed by atoms with Crippen molar-refractivity contribution in [1.29, 1.82) is 0 Å². The first kappa shape index (κ1) is 19.4. The zero-order chi connectivity index (χ0) is 21.0. The highest BCUT2D eigenvalue weighted by Gasteiger charge is 2.39. The second kappa shape index (κ2) is 8.21. The minimum absolute atomic E-state index is 0.719. The summed E-state index contributed by atoms with van der Waals surface area (Å²) in [5, 5.41) is 9.23. The summed E-state index contributed by atoms with van der Waals surface area (Å²) in [6.45, 7) is 1.89. The Morgan fingerprint density at radius 2 is 1.27 bits per heavy atom. The Morgan fingerprint density at radius 1 is 0.833 bits per heavy atom. The summed E-state index contributed by atoms with van der Waals surface area (Å²) in [4.78, 5) is 15.8. The van der Waals surface area contributed by atoms with Gasteiger partial charge in [-0.2, -0.15) is 0 Å². The summed E-state index contributed by atoms with van der Waals surface area (Å²) in [7, 11) is 0. The number of hydrogen-bond acceptors (Lipinski definition) is 2. The van der Waals surface area contributed by atoms with Crippen LogP contribution in [0.3, 0.4) is 0 Å². The molecule has 0 saturated carbocycles. The van der Waals surface area contributed by atoms with Crippen molar-refractivity contribution in [2.75, 3.05) is 0 Å². The van der Waals surface area contributed by atoms with Gasteiger partial charge in [-0.15, -0.1) is 0 Å². The Bertz CT molecular complexity index is 1070. The molecule has 1 heterocycles. The Hall–Kier alpha value is -3.92. The molecule has 0 fully saturated rings. The molecule has 0 aliphatic carbocycles. The van der Waals surface area contributed by atoms with Gasteiger partial charge in [0.2, 0.25) is 0 Å². The zero-order valence-electron chi connectivity index (χ0n) is 16.6. The average molecular weight is 394 g/mol. The van der Waals surface area contributed by atoms with E-state index in [0.29, 0.717) is 0 Å². The van der Waals surface area contributed by atoms with Gasteiger partial charge in [-0.05, 0) is 29.7 Å². The number of carboxylic acids is 1. The summed E-state index contributed by atoms with van der Waals surface area (Å²) in [5.41, 5.74) is 3.97.